The summed E-state index contributed by atoms with van der Waals surface area (Å²) in [5, 5.41) is 3.80. The molecule has 3 nitrogen and oxygen atoms in total. The van der Waals surface area contributed by atoms with Gasteiger partial charge in [0.05, 0.1) is 12.2 Å². The third-order valence-corrected chi connectivity index (χ3v) is 5.90. The highest BCUT2D eigenvalue weighted by Gasteiger charge is 2.53. The Hall–Kier alpha value is -0.830. The Labute approximate surface area is 115 Å². The second-order valence-corrected chi connectivity index (χ2v) is 6.96. The van der Waals surface area contributed by atoms with Gasteiger partial charge in [-0.1, -0.05) is 6.42 Å². The number of hydrogen-bond donors (Lipinski definition) is 1. The summed E-state index contributed by atoms with van der Waals surface area (Å²) in [4.78, 5) is 4.36. The van der Waals surface area contributed by atoms with Gasteiger partial charge >= 0.3 is 0 Å². The highest BCUT2D eigenvalue weighted by molar-refractivity contribution is 5.07. The number of nitrogens with zero attached hydrogens (tertiary/aromatic N) is 1. The van der Waals surface area contributed by atoms with Crippen molar-refractivity contribution in [2.24, 2.45) is 23.7 Å². The van der Waals surface area contributed by atoms with Crippen molar-refractivity contribution < 1.29 is 4.42 Å². The van der Waals surface area contributed by atoms with Crippen LogP contribution in [-0.2, 0) is 0 Å². The maximum atomic E-state index is 5.65. The molecule has 2 bridgehead atoms. The molecule has 104 valence electrons. The van der Waals surface area contributed by atoms with E-state index < -0.39 is 0 Å². The average Bonchev–Trinajstić information content (AvgIpc) is 3.08. The molecule has 1 heterocycles. The van der Waals surface area contributed by atoms with E-state index in [2.05, 4.69) is 17.2 Å². The fourth-order valence-electron chi connectivity index (χ4n) is 5.22. The lowest BCUT2D eigenvalue weighted by Gasteiger charge is -2.33. The molecule has 4 rings (SSSR count). The Kier molecular flexibility index (Phi) is 2.73. The standard InChI is InChI=1S/C16H24N2O/c1-9-8-17-16(19-9)10(2)18-15-7-11-6-14(15)13-5-3-4-12(11)13/h8,10-15,18H,3-7H2,1-2H3. The lowest BCUT2D eigenvalue weighted by molar-refractivity contribution is 0.194. The van der Waals surface area contributed by atoms with Gasteiger partial charge in [0.1, 0.15) is 5.76 Å². The van der Waals surface area contributed by atoms with Crippen molar-refractivity contribution >= 4 is 0 Å². The van der Waals surface area contributed by atoms with Crippen LogP contribution in [0.3, 0.4) is 0 Å². The first-order chi connectivity index (χ1) is 9.22. The normalized spacial score (nSPS) is 41.7. The second kappa shape index (κ2) is 4.34. The molecule has 1 N–H and O–H groups in total. The summed E-state index contributed by atoms with van der Waals surface area (Å²) < 4.78 is 5.65. The molecule has 19 heavy (non-hydrogen) atoms. The van der Waals surface area contributed by atoms with Gasteiger partial charge in [0.2, 0.25) is 5.89 Å². The van der Waals surface area contributed by atoms with Gasteiger partial charge in [0.25, 0.3) is 0 Å². The predicted molar refractivity (Wildman–Crippen MR) is 73.6 cm³/mol. The first-order valence-corrected chi connectivity index (χ1v) is 7.90. The van der Waals surface area contributed by atoms with Crippen LogP contribution >= 0.6 is 0 Å². The highest BCUT2D eigenvalue weighted by Crippen LogP contribution is 2.58. The summed E-state index contributed by atoms with van der Waals surface area (Å²) in [5.41, 5.74) is 0. The van der Waals surface area contributed by atoms with E-state index in [1.807, 2.05) is 13.1 Å². The molecule has 6 atom stereocenters. The number of aromatic nitrogens is 1. The number of oxazole rings is 1. The number of hydrogen-bond acceptors (Lipinski definition) is 3. The molecule has 1 aromatic heterocycles. The van der Waals surface area contributed by atoms with Crippen molar-refractivity contribution in [2.45, 2.75) is 58.0 Å². The Balaban J connectivity index is 1.44. The van der Waals surface area contributed by atoms with Gasteiger partial charge in [0, 0.05) is 6.04 Å². The van der Waals surface area contributed by atoms with Crippen LogP contribution in [0.2, 0.25) is 0 Å². The molecule has 3 saturated carbocycles. The Morgan fingerprint density at radius 1 is 1.26 bits per heavy atom. The number of nitrogens with one attached hydrogen (secondary N) is 1. The summed E-state index contributed by atoms with van der Waals surface area (Å²) in [6.45, 7) is 4.15. The van der Waals surface area contributed by atoms with Gasteiger partial charge in [-0.3, -0.25) is 0 Å². The van der Waals surface area contributed by atoms with Crippen LogP contribution in [0.1, 0.15) is 56.7 Å². The molecule has 0 amide bonds. The van der Waals surface area contributed by atoms with Crippen LogP contribution in [0, 0.1) is 30.6 Å². The van der Waals surface area contributed by atoms with E-state index in [1.165, 1.54) is 32.1 Å². The van der Waals surface area contributed by atoms with Gasteiger partial charge in [-0.05, 0) is 63.2 Å². The van der Waals surface area contributed by atoms with Gasteiger partial charge in [0.15, 0.2) is 0 Å². The van der Waals surface area contributed by atoms with Crippen LogP contribution in [-0.4, -0.2) is 11.0 Å². The fraction of sp³-hybridized carbons (Fsp3) is 0.812. The predicted octanol–water partition coefficient (Wildman–Crippen LogP) is 3.46. The molecule has 3 heteroatoms. The number of rotatable bonds is 3. The van der Waals surface area contributed by atoms with E-state index >= 15 is 0 Å². The molecule has 0 radical (unpaired) electrons. The van der Waals surface area contributed by atoms with Crippen LogP contribution in [0.5, 0.6) is 0 Å². The van der Waals surface area contributed by atoms with E-state index in [4.69, 9.17) is 4.42 Å². The molecule has 3 fully saturated rings. The monoisotopic (exact) mass is 260 g/mol. The molecule has 1 aromatic rings. The first-order valence-electron chi connectivity index (χ1n) is 7.90. The van der Waals surface area contributed by atoms with Crippen LogP contribution in [0.4, 0.5) is 0 Å². The zero-order valence-electron chi connectivity index (χ0n) is 11.9. The molecular formula is C16H24N2O. The first kappa shape index (κ1) is 12.0. The third-order valence-electron chi connectivity index (χ3n) is 5.90. The Bertz CT molecular complexity index is 469. The number of fused-ring (bicyclic) bond motifs is 5. The lowest BCUT2D eigenvalue weighted by atomic mass is 9.79. The van der Waals surface area contributed by atoms with Crippen molar-refractivity contribution in [1.82, 2.24) is 10.3 Å². The summed E-state index contributed by atoms with van der Waals surface area (Å²) in [6, 6.07) is 0.949. The van der Waals surface area contributed by atoms with E-state index in [-0.39, 0.29) is 6.04 Å². The second-order valence-electron chi connectivity index (χ2n) is 6.96. The quantitative estimate of drug-likeness (QED) is 0.904. The minimum atomic E-state index is 0.248. The molecule has 6 unspecified atom stereocenters. The van der Waals surface area contributed by atoms with Crippen molar-refractivity contribution in [1.29, 1.82) is 0 Å². The molecule has 3 aliphatic rings. The lowest BCUT2D eigenvalue weighted by Crippen LogP contribution is -2.40. The zero-order valence-corrected chi connectivity index (χ0v) is 11.9. The Morgan fingerprint density at radius 3 is 2.89 bits per heavy atom. The van der Waals surface area contributed by atoms with Crippen LogP contribution < -0.4 is 5.32 Å². The van der Waals surface area contributed by atoms with Crippen molar-refractivity contribution in [2.75, 3.05) is 0 Å². The summed E-state index contributed by atoms with van der Waals surface area (Å²) in [7, 11) is 0. The van der Waals surface area contributed by atoms with Crippen LogP contribution in [0.25, 0.3) is 0 Å². The zero-order chi connectivity index (χ0) is 13.0. The maximum Gasteiger partial charge on any atom is 0.211 e. The van der Waals surface area contributed by atoms with E-state index in [1.54, 1.807) is 0 Å². The molecule has 0 spiro atoms. The third kappa shape index (κ3) is 1.85. The van der Waals surface area contributed by atoms with E-state index in [9.17, 15) is 0 Å². The molecular weight excluding hydrogens is 236 g/mol. The average molecular weight is 260 g/mol. The SMILES string of the molecule is Cc1cnc(C(C)NC2CC3CC2C2CCCC32)o1. The minimum absolute atomic E-state index is 0.248. The minimum Gasteiger partial charge on any atom is -0.444 e. The van der Waals surface area contributed by atoms with Crippen molar-refractivity contribution in [3.8, 4) is 0 Å². The number of aryl methyl sites for hydroxylation is 1. The molecule has 3 aliphatic carbocycles. The maximum absolute atomic E-state index is 5.65. The fourth-order valence-corrected chi connectivity index (χ4v) is 5.22. The van der Waals surface area contributed by atoms with Crippen LogP contribution in [0.15, 0.2) is 10.6 Å². The summed E-state index contributed by atoms with van der Waals surface area (Å²) >= 11 is 0. The molecule has 0 aromatic carbocycles. The van der Waals surface area contributed by atoms with Crippen molar-refractivity contribution in [3.63, 3.8) is 0 Å². The van der Waals surface area contributed by atoms with Gasteiger partial charge in [-0.25, -0.2) is 4.98 Å². The van der Waals surface area contributed by atoms with Gasteiger partial charge < -0.3 is 9.73 Å². The molecule has 0 aliphatic heterocycles. The summed E-state index contributed by atoms with van der Waals surface area (Å²) in [5.74, 6) is 5.79. The van der Waals surface area contributed by atoms with E-state index in [0.29, 0.717) is 6.04 Å². The van der Waals surface area contributed by atoms with Gasteiger partial charge in [-0.15, -0.1) is 0 Å². The largest absolute Gasteiger partial charge is 0.444 e. The topological polar surface area (TPSA) is 38.1 Å². The van der Waals surface area contributed by atoms with Crippen molar-refractivity contribution in [3.05, 3.63) is 17.8 Å². The highest BCUT2D eigenvalue weighted by atomic mass is 16.4. The van der Waals surface area contributed by atoms with Gasteiger partial charge in [-0.2, -0.15) is 0 Å². The smallest absolute Gasteiger partial charge is 0.211 e. The van der Waals surface area contributed by atoms with E-state index in [0.717, 1.165) is 35.3 Å². The Morgan fingerprint density at radius 2 is 2.11 bits per heavy atom. The molecule has 0 saturated heterocycles. The summed E-state index contributed by atoms with van der Waals surface area (Å²) in [6.07, 6.45) is 9.15.